The van der Waals surface area contributed by atoms with Crippen LogP contribution in [0.4, 0.5) is 0 Å². The molecule has 0 amide bonds. The van der Waals surface area contributed by atoms with Crippen LogP contribution in [-0.2, 0) is 0 Å². The van der Waals surface area contributed by atoms with E-state index in [9.17, 15) is 0 Å². The van der Waals surface area contributed by atoms with Gasteiger partial charge in [-0.3, -0.25) is 4.90 Å². The van der Waals surface area contributed by atoms with Gasteiger partial charge in [-0.1, -0.05) is 33.6 Å². The Balaban J connectivity index is 2.40. The topological polar surface area (TPSA) is 29.3 Å². The zero-order chi connectivity index (χ0) is 12.0. The minimum atomic E-state index is 0.651. The van der Waals surface area contributed by atoms with E-state index < -0.39 is 0 Å². The van der Waals surface area contributed by atoms with E-state index in [2.05, 4.69) is 25.7 Å². The van der Waals surface area contributed by atoms with Crippen LogP contribution < -0.4 is 5.73 Å². The predicted molar refractivity (Wildman–Crippen MR) is 71.5 cm³/mol. The van der Waals surface area contributed by atoms with Gasteiger partial charge in [0.2, 0.25) is 0 Å². The molecule has 1 saturated heterocycles. The number of hydrogen-bond acceptors (Lipinski definition) is 2. The van der Waals surface area contributed by atoms with Crippen LogP contribution in [0.25, 0.3) is 0 Å². The highest BCUT2D eigenvalue weighted by molar-refractivity contribution is 4.82. The average molecular weight is 226 g/mol. The number of rotatable bonds is 6. The summed E-state index contributed by atoms with van der Waals surface area (Å²) in [5.74, 6) is 1.75. The Bertz CT molecular complexity index is 182. The van der Waals surface area contributed by atoms with Crippen LogP contribution >= 0.6 is 0 Å². The molecule has 1 rings (SSSR count). The second kappa shape index (κ2) is 7.29. The van der Waals surface area contributed by atoms with E-state index in [0.29, 0.717) is 6.04 Å². The normalized spacial score (nSPS) is 29.2. The smallest absolute Gasteiger partial charge is 0.0221 e. The Hall–Kier alpha value is -0.0800. The number of hydrogen-bond donors (Lipinski definition) is 1. The maximum absolute atomic E-state index is 5.92. The van der Waals surface area contributed by atoms with Gasteiger partial charge < -0.3 is 5.73 Å². The van der Waals surface area contributed by atoms with Crippen molar-refractivity contribution in [1.29, 1.82) is 0 Å². The summed E-state index contributed by atoms with van der Waals surface area (Å²) in [6.07, 6.45) is 6.69. The molecule has 0 aromatic carbocycles. The molecule has 1 fully saturated rings. The maximum Gasteiger partial charge on any atom is 0.0221 e. The number of nitrogens with two attached hydrogens (primary N) is 1. The molecule has 3 atom stereocenters. The lowest BCUT2D eigenvalue weighted by molar-refractivity contribution is 0.0976. The summed E-state index contributed by atoms with van der Waals surface area (Å²) in [5.41, 5.74) is 5.92. The van der Waals surface area contributed by atoms with Crippen LogP contribution in [0, 0.1) is 11.8 Å². The van der Waals surface area contributed by atoms with E-state index in [1.807, 2.05) is 0 Å². The fraction of sp³-hybridized carbons (Fsp3) is 1.00. The maximum atomic E-state index is 5.92. The van der Waals surface area contributed by atoms with Gasteiger partial charge in [-0.25, -0.2) is 0 Å². The number of likely N-dealkylation sites (tertiary alicyclic amines) is 1. The van der Waals surface area contributed by atoms with Crippen LogP contribution in [-0.4, -0.2) is 30.6 Å². The third kappa shape index (κ3) is 4.06. The first-order chi connectivity index (χ1) is 7.71. The fourth-order valence-electron chi connectivity index (χ4n) is 3.02. The molecule has 2 N–H and O–H groups in total. The van der Waals surface area contributed by atoms with Gasteiger partial charge in [-0.05, 0) is 37.6 Å². The lowest BCUT2D eigenvalue weighted by Gasteiger charge is -2.40. The lowest BCUT2D eigenvalue weighted by Crippen LogP contribution is -2.48. The quantitative estimate of drug-likeness (QED) is 0.754. The lowest BCUT2D eigenvalue weighted by atomic mass is 9.88. The van der Waals surface area contributed by atoms with Crippen LogP contribution in [0.5, 0.6) is 0 Å². The van der Waals surface area contributed by atoms with E-state index in [1.54, 1.807) is 0 Å². The predicted octanol–water partition coefficient (Wildman–Crippen LogP) is 2.87. The Labute approximate surface area is 102 Å². The van der Waals surface area contributed by atoms with Crippen molar-refractivity contribution in [3.05, 3.63) is 0 Å². The zero-order valence-electron chi connectivity index (χ0n) is 11.4. The molecule has 2 nitrogen and oxygen atoms in total. The van der Waals surface area contributed by atoms with Gasteiger partial charge in [0.05, 0.1) is 0 Å². The highest BCUT2D eigenvalue weighted by Crippen LogP contribution is 2.26. The molecule has 0 spiro atoms. The molecule has 0 aromatic rings. The first kappa shape index (κ1) is 14.0. The van der Waals surface area contributed by atoms with Gasteiger partial charge in [0.25, 0.3) is 0 Å². The average Bonchev–Trinajstić information content (AvgIpc) is 2.30. The van der Waals surface area contributed by atoms with E-state index in [-0.39, 0.29) is 0 Å². The van der Waals surface area contributed by atoms with Crippen molar-refractivity contribution >= 4 is 0 Å². The van der Waals surface area contributed by atoms with Crippen LogP contribution in [0.3, 0.4) is 0 Å². The van der Waals surface area contributed by atoms with Crippen molar-refractivity contribution in [3.8, 4) is 0 Å². The Morgan fingerprint density at radius 3 is 2.69 bits per heavy atom. The molecule has 1 heterocycles. The molecule has 0 radical (unpaired) electrons. The standard InChI is InChI=1S/C14H30N2/c1-4-6-12(3)11-16-8-7-13(5-2)9-14(16)10-15/h12-14H,4-11,15H2,1-3H3. The van der Waals surface area contributed by atoms with Gasteiger partial charge in [-0.15, -0.1) is 0 Å². The summed E-state index contributed by atoms with van der Waals surface area (Å²) in [4.78, 5) is 2.65. The van der Waals surface area contributed by atoms with Gasteiger partial charge in [0.15, 0.2) is 0 Å². The first-order valence-corrected chi connectivity index (χ1v) is 7.15. The summed E-state index contributed by atoms with van der Waals surface area (Å²) < 4.78 is 0. The van der Waals surface area contributed by atoms with E-state index >= 15 is 0 Å². The van der Waals surface area contributed by atoms with E-state index in [1.165, 1.54) is 45.2 Å². The Morgan fingerprint density at radius 1 is 1.38 bits per heavy atom. The van der Waals surface area contributed by atoms with Crippen molar-refractivity contribution in [2.24, 2.45) is 17.6 Å². The second-order valence-corrected chi connectivity index (χ2v) is 5.58. The van der Waals surface area contributed by atoms with Crippen molar-refractivity contribution in [2.45, 2.75) is 58.9 Å². The molecular formula is C14H30N2. The molecule has 3 unspecified atom stereocenters. The van der Waals surface area contributed by atoms with Crippen LogP contribution in [0.15, 0.2) is 0 Å². The molecule has 0 aliphatic carbocycles. The van der Waals surface area contributed by atoms with Gasteiger partial charge in [0, 0.05) is 19.1 Å². The molecular weight excluding hydrogens is 196 g/mol. The van der Waals surface area contributed by atoms with Crippen molar-refractivity contribution in [3.63, 3.8) is 0 Å². The Morgan fingerprint density at radius 2 is 2.12 bits per heavy atom. The van der Waals surface area contributed by atoms with Gasteiger partial charge in [0.1, 0.15) is 0 Å². The van der Waals surface area contributed by atoms with Crippen molar-refractivity contribution in [1.82, 2.24) is 4.90 Å². The minimum absolute atomic E-state index is 0.651. The fourth-order valence-corrected chi connectivity index (χ4v) is 3.02. The summed E-state index contributed by atoms with van der Waals surface area (Å²) in [6, 6.07) is 0.651. The molecule has 2 heteroatoms. The largest absolute Gasteiger partial charge is 0.329 e. The minimum Gasteiger partial charge on any atom is -0.329 e. The second-order valence-electron chi connectivity index (χ2n) is 5.58. The molecule has 0 bridgehead atoms. The van der Waals surface area contributed by atoms with Crippen LogP contribution in [0.1, 0.15) is 52.9 Å². The van der Waals surface area contributed by atoms with E-state index in [4.69, 9.17) is 5.73 Å². The third-order valence-electron chi connectivity index (χ3n) is 4.12. The third-order valence-corrected chi connectivity index (χ3v) is 4.12. The highest BCUT2D eigenvalue weighted by Gasteiger charge is 2.27. The van der Waals surface area contributed by atoms with Gasteiger partial charge in [-0.2, -0.15) is 0 Å². The zero-order valence-corrected chi connectivity index (χ0v) is 11.4. The van der Waals surface area contributed by atoms with Gasteiger partial charge >= 0.3 is 0 Å². The Kier molecular flexibility index (Phi) is 6.37. The molecule has 1 aliphatic heterocycles. The molecule has 1 aliphatic rings. The highest BCUT2D eigenvalue weighted by atomic mass is 15.2. The molecule has 0 saturated carbocycles. The first-order valence-electron chi connectivity index (χ1n) is 7.15. The molecule has 0 aromatic heterocycles. The summed E-state index contributed by atoms with van der Waals surface area (Å²) in [5, 5.41) is 0. The van der Waals surface area contributed by atoms with E-state index in [0.717, 1.165) is 18.4 Å². The van der Waals surface area contributed by atoms with Crippen LogP contribution in [0.2, 0.25) is 0 Å². The van der Waals surface area contributed by atoms with Crippen molar-refractivity contribution < 1.29 is 0 Å². The SMILES string of the molecule is CCCC(C)CN1CCC(CC)CC1CN. The summed E-state index contributed by atoms with van der Waals surface area (Å²) in [7, 11) is 0. The molecule has 16 heavy (non-hydrogen) atoms. The summed E-state index contributed by atoms with van der Waals surface area (Å²) in [6.45, 7) is 10.3. The number of piperidine rings is 1. The monoisotopic (exact) mass is 226 g/mol. The molecule has 96 valence electrons. The summed E-state index contributed by atoms with van der Waals surface area (Å²) >= 11 is 0. The number of nitrogens with zero attached hydrogens (tertiary/aromatic N) is 1. The van der Waals surface area contributed by atoms with Crippen molar-refractivity contribution in [2.75, 3.05) is 19.6 Å².